The lowest BCUT2D eigenvalue weighted by atomic mass is 9.95. The minimum absolute atomic E-state index is 0. The molecule has 3 aromatic rings. The van der Waals surface area contributed by atoms with E-state index in [4.69, 9.17) is 11.6 Å². The first kappa shape index (κ1) is 21.5. The van der Waals surface area contributed by atoms with E-state index in [0.29, 0.717) is 5.02 Å². The summed E-state index contributed by atoms with van der Waals surface area (Å²) in [5, 5.41) is 9.71. The van der Waals surface area contributed by atoms with Gasteiger partial charge in [-0.1, -0.05) is 41.9 Å². The van der Waals surface area contributed by atoms with Crippen LogP contribution in [0.25, 0.3) is 11.4 Å². The van der Waals surface area contributed by atoms with Gasteiger partial charge in [-0.3, -0.25) is 0 Å². The van der Waals surface area contributed by atoms with Gasteiger partial charge in [0.2, 0.25) is 0 Å². The normalized spacial score (nSPS) is 14.1. The van der Waals surface area contributed by atoms with Crippen LogP contribution >= 0.6 is 36.4 Å². The van der Waals surface area contributed by atoms with Gasteiger partial charge < -0.3 is 9.47 Å². The summed E-state index contributed by atoms with van der Waals surface area (Å²) < 4.78 is 2.09. The first-order valence-corrected chi connectivity index (χ1v) is 8.83. The van der Waals surface area contributed by atoms with Crippen molar-refractivity contribution in [2.75, 3.05) is 19.0 Å². The van der Waals surface area contributed by atoms with Gasteiger partial charge in [-0.05, 0) is 36.6 Å². The van der Waals surface area contributed by atoms with E-state index in [1.54, 1.807) is 0 Å². The van der Waals surface area contributed by atoms with Crippen LogP contribution < -0.4 is 4.90 Å². The highest BCUT2D eigenvalue weighted by atomic mass is 35.5. The largest absolute Gasteiger partial charge is 0.378 e. The van der Waals surface area contributed by atoms with Crippen LogP contribution in [0, 0.1) is 0 Å². The highest BCUT2D eigenvalue weighted by Gasteiger charge is 2.49. The number of rotatable bonds is 4. The molecule has 0 bridgehead atoms. The predicted molar refractivity (Wildman–Crippen MR) is 117 cm³/mol. The van der Waals surface area contributed by atoms with Gasteiger partial charge in [-0.25, -0.2) is 0 Å². The topological polar surface area (TPSA) is 34.0 Å². The van der Waals surface area contributed by atoms with Crippen LogP contribution in [0.2, 0.25) is 5.02 Å². The van der Waals surface area contributed by atoms with Gasteiger partial charge in [0.05, 0.1) is 10.4 Å². The Morgan fingerprint density at radius 3 is 2.22 bits per heavy atom. The molecule has 0 radical (unpaired) electrons. The van der Waals surface area contributed by atoms with Crippen molar-refractivity contribution in [1.82, 2.24) is 14.8 Å². The van der Waals surface area contributed by atoms with Crippen LogP contribution in [0.3, 0.4) is 0 Å². The lowest BCUT2D eigenvalue weighted by Gasteiger charge is -2.16. The van der Waals surface area contributed by atoms with Crippen LogP contribution in [-0.4, -0.2) is 28.9 Å². The second-order valence-electron chi connectivity index (χ2n) is 6.91. The van der Waals surface area contributed by atoms with Crippen molar-refractivity contribution in [3.63, 3.8) is 0 Å². The molecule has 1 fully saturated rings. The molecule has 0 N–H and O–H groups in total. The fourth-order valence-electron chi connectivity index (χ4n) is 3.47. The molecule has 4 rings (SSSR count). The second kappa shape index (κ2) is 8.09. The average molecular weight is 426 g/mol. The van der Waals surface area contributed by atoms with Crippen molar-refractivity contribution < 1.29 is 0 Å². The molecule has 1 aromatic heterocycles. The van der Waals surface area contributed by atoms with Gasteiger partial charge in [0, 0.05) is 32.4 Å². The fourth-order valence-corrected chi connectivity index (χ4v) is 3.73. The Balaban J connectivity index is 0.00000131. The summed E-state index contributed by atoms with van der Waals surface area (Å²) in [6, 6.07) is 16.6. The molecule has 1 saturated carbocycles. The fraction of sp³-hybridized carbons (Fsp3) is 0.300. The molecule has 0 aliphatic heterocycles. The average Bonchev–Trinajstić information content (AvgIpc) is 3.33. The zero-order valence-electron chi connectivity index (χ0n) is 15.5. The Bertz CT molecular complexity index is 918. The third kappa shape index (κ3) is 3.66. The van der Waals surface area contributed by atoms with Gasteiger partial charge in [0.1, 0.15) is 5.82 Å². The Kier molecular flexibility index (Phi) is 6.46. The SMILES string of the molecule is CN(C)c1ccc(-c2nnc(C3(c4ccccc4)CC3)n2C)c(Cl)c1.Cl.Cl. The minimum Gasteiger partial charge on any atom is -0.378 e. The monoisotopic (exact) mass is 424 g/mol. The van der Waals surface area contributed by atoms with E-state index in [1.807, 2.05) is 44.2 Å². The van der Waals surface area contributed by atoms with Gasteiger partial charge >= 0.3 is 0 Å². The predicted octanol–water partition coefficient (Wildman–Crippen LogP) is 5.13. The molecule has 0 atom stereocenters. The van der Waals surface area contributed by atoms with Crippen molar-refractivity contribution in [2.24, 2.45) is 7.05 Å². The van der Waals surface area contributed by atoms with Gasteiger partial charge in [0.25, 0.3) is 0 Å². The number of anilines is 1. The minimum atomic E-state index is -0.00267. The maximum atomic E-state index is 6.53. The first-order chi connectivity index (χ1) is 12.0. The molecule has 7 heteroatoms. The van der Waals surface area contributed by atoms with E-state index in [0.717, 1.165) is 35.7 Å². The Hall–Kier alpha value is -1.75. The lowest BCUT2D eigenvalue weighted by molar-refractivity contribution is 0.694. The van der Waals surface area contributed by atoms with Gasteiger partial charge in [-0.15, -0.1) is 35.0 Å². The zero-order chi connectivity index (χ0) is 17.6. The Labute approximate surface area is 177 Å². The third-order valence-electron chi connectivity index (χ3n) is 5.09. The first-order valence-electron chi connectivity index (χ1n) is 8.45. The van der Waals surface area contributed by atoms with Crippen LogP contribution in [0.1, 0.15) is 24.2 Å². The van der Waals surface area contributed by atoms with Crippen molar-refractivity contribution in [1.29, 1.82) is 0 Å². The standard InChI is InChI=1S/C20H21ClN4.2ClH/c1-24(2)15-9-10-16(17(21)13-15)18-22-23-19(25(18)3)20(11-12-20)14-7-5-4-6-8-14;;/h4-10,13H,11-12H2,1-3H3;2*1H. The summed E-state index contributed by atoms with van der Waals surface area (Å²) in [5.74, 6) is 1.83. The molecule has 27 heavy (non-hydrogen) atoms. The van der Waals surface area contributed by atoms with E-state index < -0.39 is 0 Å². The summed E-state index contributed by atoms with van der Waals surface area (Å²) in [7, 11) is 6.04. The van der Waals surface area contributed by atoms with Crippen molar-refractivity contribution in [3.8, 4) is 11.4 Å². The molecular formula is C20H23Cl3N4. The van der Waals surface area contributed by atoms with Crippen LogP contribution in [-0.2, 0) is 12.5 Å². The number of nitrogens with zero attached hydrogens (tertiary/aromatic N) is 4. The Morgan fingerprint density at radius 1 is 1.00 bits per heavy atom. The van der Waals surface area contributed by atoms with E-state index in [1.165, 1.54) is 5.56 Å². The van der Waals surface area contributed by atoms with E-state index in [2.05, 4.69) is 45.1 Å². The van der Waals surface area contributed by atoms with Crippen molar-refractivity contribution in [2.45, 2.75) is 18.3 Å². The van der Waals surface area contributed by atoms with Crippen LogP contribution in [0.5, 0.6) is 0 Å². The number of hydrogen-bond donors (Lipinski definition) is 0. The molecule has 1 aliphatic rings. The molecule has 0 amide bonds. The summed E-state index contributed by atoms with van der Waals surface area (Å²) in [4.78, 5) is 2.03. The summed E-state index contributed by atoms with van der Waals surface area (Å²) in [5.41, 5.74) is 3.29. The third-order valence-corrected chi connectivity index (χ3v) is 5.40. The number of hydrogen-bond acceptors (Lipinski definition) is 3. The molecule has 0 spiro atoms. The molecule has 2 aromatic carbocycles. The smallest absolute Gasteiger partial charge is 0.165 e. The Morgan fingerprint density at radius 2 is 1.67 bits per heavy atom. The number of halogens is 3. The van der Waals surface area contributed by atoms with Gasteiger partial charge in [-0.2, -0.15) is 0 Å². The molecule has 0 unspecified atom stereocenters. The highest BCUT2D eigenvalue weighted by Crippen LogP contribution is 2.53. The summed E-state index contributed by atoms with van der Waals surface area (Å²) in [6.45, 7) is 0. The maximum Gasteiger partial charge on any atom is 0.165 e. The maximum absolute atomic E-state index is 6.53. The molecule has 4 nitrogen and oxygen atoms in total. The van der Waals surface area contributed by atoms with Crippen LogP contribution in [0.4, 0.5) is 5.69 Å². The quantitative estimate of drug-likeness (QED) is 0.581. The van der Waals surface area contributed by atoms with Crippen molar-refractivity contribution >= 4 is 42.1 Å². The zero-order valence-corrected chi connectivity index (χ0v) is 17.9. The van der Waals surface area contributed by atoms with Crippen LogP contribution in [0.15, 0.2) is 48.5 Å². The summed E-state index contributed by atoms with van der Waals surface area (Å²) >= 11 is 6.53. The van der Waals surface area contributed by atoms with Crippen molar-refractivity contribution in [3.05, 3.63) is 64.9 Å². The molecule has 1 heterocycles. The van der Waals surface area contributed by atoms with E-state index in [-0.39, 0.29) is 30.2 Å². The number of benzene rings is 2. The summed E-state index contributed by atoms with van der Waals surface area (Å²) in [6.07, 6.45) is 2.21. The molecule has 144 valence electrons. The molecule has 1 aliphatic carbocycles. The van der Waals surface area contributed by atoms with E-state index in [9.17, 15) is 0 Å². The molecular weight excluding hydrogens is 403 g/mol. The van der Waals surface area contributed by atoms with Gasteiger partial charge in [0.15, 0.2) is 5.82 Å². The lowest BCUT2D eigenvalue weighted by Crippen LogP contribution is -2.15. The highest BCUT2D eigenvalue weighted by molar-refractivity contribution is 6.33. The number of aromatic nitrogens is 3. The second-order valence-corrected chi connectivity index (χ2v) is 7.32. The molecule has 0 saturated heterocycles. The van der Waals surface area contributed by atoms with E-state index >= 15 is 0 Å².